The summed E-state index contributed by atoms with van der Waals surface area (Å²) in [4.78, 5) is 28.5. The van der Waals surface area contributed by atoms with Gasteiger partial charge in [0, 0.05) is 24.3 Å². The number of fused-ring (bicyclic) bond motifs is 1. The van der Waals surface area contributed by atoms with Crippen LogP contribution in [0.5, 0.6) is 0 Å². The number of aromatic nitrogens is 3. The molecule has 9 nitrogen and oxygen atoms in total. The van der Waals surface area contributed by atoms with Gasteiger partial charge in [0.1, 0.15) is 11.4 Å². The first-order chi connectivity index (χ1) is 14.7. The Bertz CT molecular complexity index is 1330. The van der Waals surface area contributed by atoms with E-state index in [1.54, 1.807) is 12.1 Å². The molecule has 0 amide bonds. The number of pyridine rings is 1. The van der Waals surface area contributed by atoms with Gasteiger partial charge in [-0.15, -0.1) is 0 Å². The maximum Gasteiger partial charge on any atom is 0.331 e. The number of carboxylic acids is 1. The van der Waals surface area contributed by atoms with Crippen LogP contribution in [0.25, 0.3) is 11.2 Å². The fourth-order valence-electron chi connectivity index (χ4n) is 3.90. The van der Waals surface area contributed by atoms with Crippen molar-refractivity contribution >= 4 is 50.4 Å². The zero-order valence-corrected chi connectivity index (χ0v) is 18.4. The number of carbonyl (C=O) groups is 1. The number of hydrogen-bond acceptors (Lipinski definition) is 5. The van der Waals surface area contributed by atoms with Gasteiger partial charge < -0.3 is 5.11 Å². The molecule has 164 valence electrons. The SMILES string of the molecule is O=C(O)Cn1c(=O)n([C@H]2CCCN(S(=O)(=O)c3ccc(Cl)cc3Cl)C2)c2ncccc21. The molecule has 1 aliphatic heterocycles. The molecule has 3 heterocycles. The van der Waals surface area contributed by atoms with Crippen LogP contribution in [0.4, 0.5) is 0 Å². The van der Waals surface area contributed by atoms with Crippen LogP contribution >= 0.6 is 23.2 Å². The number of sulfonamides is 1. The summed E-state index contributed by atoms with van der Waals surface area (Å²) in [6, 6.07) is 6.91. The largest absolute Gasteiger partial charge is 0.480 e. The van der Waals surface area contributed by atoms with E-state index in [0.717, 1.165) is 4.57 Å². The first kappa shape index (κ1) is 21.8. The van der Waals surface area contributed by atoms with Crippen molar-refractivity contribution in [2.45, 2.75) is 30.3 Å². The van der Waals surface area contributed by atoms with E-state index in [2.05, 4.69) is 4.98 Å². The molecule has 12 heteroatoms. The number of benzene rings is 1. The minimum absolute atomic E-state index is 0.0199. The van der Waals surface area contributed by atoms with Crippen molar-refractivity contribution in [3.8, 4) is 0 Å². The van der Waals surface area contributed by atoms with Crippen molar-refractivity contribution < 1.29 is 18.3 Å². The molecule has 1 saturated heterocycles. The predicted molar refractivity (Wildman–Crippen MR) is 115 cm³/mol. The lowest BCUT2D eigenvalue weighted by Crippen LogP contribution is -2.43. The van der Waals surface area contributed by atoms with Crippen molar-refractivity contribution in [2.75, 3.05) is 13.1 Å². The van der Waals surface area contributed by atoms with Crippen molar-refractivity contribution in [3.63, 3.8) is 0 Å². The second-order valence-electron chi connectivity index (χ2n) is 7.21. The summed E-state index contributed by atoms with van der Waals surface area (Å²) in [5, 5.41) is 9.54. The number of imidazole rings is 1. The molecule has 0 saturated carbocycles. The first-order valence-electron chi connectivity index (χ1n) is 9.43. The van der Waals surface area contributed by atoms with Crippen molar-refractivity contribution in [2.24, 2.45) is 0 Å². The summed E-state index contributed by atoms with van der Waals surface area (Å²) < 4.78 is 30.2. The van der Waals surface area contributed by atoms with Crippen LogP contribution in [0.2, 0.25) is 10.0 Å². The normalized spacial score (nSPS) is 17.8. The van der Waals surface area contributed by atoms with E-state index in [-0.39, 0.29) is 23.0 Å². The van der Waals surface area contributed by atoms with Crippen LogP contribution in [-0.4, -0.2) is 51.0 Å². The molecule has 0 radical (unpaired) electrons. The number of hydrogen-bond donors (Lipinski definition) is 1. The van der Waals surface area contributed by atoms with Gasteiger partial charge in [-0.05, 0) is 43.2 Å². The van der Waals surface area contributed by atoms with E-state index in [9.17, 15) is 23.1 Å². The molecule has 31 heavy (non-hydrogen) atoms. The summed E-state index contributed by atoms with van der Waals surface area (Å²) in [5.41, 5.74) is 0.169. The van der Waals surface area contributed by atoms with Crippen molar-refractivity contribution in [1.82, 2.24) is 18.4 Å². The van der Waals surface area contributed by atoms with E-state index >= 15 is 0 Å². The highest BCUT2D eigenvalue weighted by Gasteiger charge is 2.34. The van der Waals surface area contributed by atoms with Gasteiger partial charge in [-0.25, -0.2) is 18.2 Å². The standard InChI is InChI=1S/C19H18Cl2N4O5S/c20-12-5-6-16(14(21)9-12)31(29,30)23-8-2-3-13(10-23)25-18-15(4-1-7-22-18)24(19(25)28)11-17(26)27/h1,4-7,9,13H,2-3,8,10-11H2,(H,26,27)/t13-/m0/s1. The Kier molecular flexibility index (Phi) is 5.82. The Morgan fingerprint density at radius 1 is 1.26 bits per heavy atom. The van der Waals surface area contributed by atoms with Gasteiger partial charge in [-0.3, -0.25) is 13.9 Å². The third-order valence-electron chi connectivity index (χ3n) is 5.25. The monoisotopic (exact) mass is 484 g/mol. The fraction of sp³-hybridized carbons (Fsp3) is 0.316. The van der Waals surface area contributed by atoms with Gasteiger partial charge in [0.25, 0.3) is 0 Å². The molecule has 0 spiro atoms. The summed E-state index contributed by atoms with van der Waals surface area (Å²) in [6.07, 6.45) is 2.57. The van der Waals surface area contributed by atoms with Crippen LogP contribution < -0.4 is 5.69 Å². The van der Waals surface area contributed by atoms with Gasteiger partial charge >= 0.3 is 11.7 Å². The Morgan fingerprint density at radius 2 is 2.03 bits per heavy atom. The minimum Gasteiger partial charge on any atom is -0.480 e. The van der Waals surface area contributed by atoms with E-state index in [0.29, 0.717) is 29.0 Å². The molecule has 1 fully saturated rings. The van der Waals surface area contributed by atoms with Crippen LogP contribution in [-0.2, 0) is 21.4 Å². The van der Waals surface area contributed by atoms with Gasteiger partial charge in [0.05, 0.1) is 16.6 Å². The predicted octanol–water partition coefficient (Wildman–Crippen LogP) is 2.62. The average molecular weight is 485 g/mol. The lowest BCUT2D eigenvalue weighted by atomic mass is 10.1. The van der Waals surface area contributed by atoms with Gasteiger partial charge in [0.2, 0.25) is 10.0 Å². The van der Waals surface area contributed by atoms with Crippen molar-refractivity contribution in [1.29, 1.82) is 0 Å². The van der Waals surface area contributed by atoms with E-state index in [4.69, 9.17) is 23.2 Å². The molecule has 1 aliphatic rings. The van der Waals surface area contributed by atoms with Gasteiger partial charge in [-0.2, -0.15) is 4.31 Å². The molecule has 4 rings (SSSR count). The summed E-state index contributed by atoms with van der Waals surface area (Å²) in [7, 11) is -3.92. The minimum atomic E-state index is -3.92. The fourth-order valence-corrected chi connectivity index (χ4v) is 6.16. The molecule has 0 aliphatic carbocycles. The number of rotatable bonds is 5. The van der Waals surface area contributed by atoms with Crippen LogP contribution in [0.15, 0.2) is 46.2 Å². The highest BCUT2D eigenvalue weighted by Crippen LogP contribution is 2.32. The second kappa shape index (κ2) is 8.27. The lowest BCUT2D eigenvalue weighted by Gasteiger charge is -2.32. The number of carboxylic acid groups (broad SMARTS) is 1. The molecular weight excluding hydrogens is 467 g/mol. The highest BCUT2D eigenvalue weighted by atomic mass is 35.5. The lowest BCUT2D eigenvalue weighted by molar-refractivity contribution is -0.137. The third kappa shape index (κ3) is 3.96. The zero-order chi connectivity index (χ0) is 22.3. The molecular formula is C19H18Cl2N4O5S. The Balaban J connectivity index is 1.74. The first-order valence-corrected chi connectivity index (χ1v) is 11.6. The molecule has 1 atom stereocenters. The maximum absolute atomic E-state index is 13.2. The smallest absolute Gasteiger partial charge is 0.331 e. The van der Waals surface area contributed by atoms with Crippen molar-refractivity contribution in [3.05, 3.63) is 57.1 Å². The van der Waals surface area contributed by atoms with Crippen LogP contribution in [0, 0.1) is 0 Å². The zero-order valence-electron chi connectivity index (χ0n) is 16.1. The van der Waals surface area contributed by atoms with E-state index in [1.165, 1.54) is 33.3 Å². The molecule has 1 aromatic carbocycles. The van der Waals surface area contributed by atoms with Gasteiger partial charge in [0.15, 0.2) is 5.65 Å². The van der Waals surface area contributed by atoms with Crippen LogP contribution in [0.1, 0.15) is 18.9 Å². The molecule has 0 bridgehead atoms. The topological polar surface area (TPSA) is 114 Å². The molecule has 0 unspecified atom stereocenters. The number of nitrogens with zero attached hydrogens (tertiary/aromatic N) is 4. The molecule has 2 aromatic heterocycles. The number of piperidine rings is 1. The Labute approximate surface area is 187 Å². The number of aliphatic carboxylic acids is 1. The number of halogens is 2. The highest BCUT2D eigenvalue weighted by molar-refractivity contribution is 7.89. The summed E-state index contributed by atoms with van der Waals surface area (Å²) in [5.74, 6) is -1.16. The second-order valence-corrected chi connectivity index (χ2v) is 9.96. The maximum atomic E-state index is 13.2. The van der Waals surface area contributed by atoms with Crippen LogP contribution in [0.3, 0.4) is 0 Å². The molecule has 1 N–H and O–H groups in total. The van der Waals surface area contributed by atoms with E-state index < -0.39 is 34.3 Å². The third-order valence-corrected chi connectivity index (χ3v) is 7.83. The Hall–Kier alpha value is -2.40. The van der Waals surface area contributed by atoms with Gasteiger partial charge in [-0.1, -0.05) is 23.2 Å². The molecule has 3 aromatic rings. The Morgan fingerprint density at radius 3 is 2.74 bits per heavy atom. The average Bonchev–Trinajstić information content (AvgIpc) is 2.99. The quantitative estimate of drug-likeness (QED) is 0.594. The summed E-state index contributed by atoms with van der Waals surface area (Å²) in [6.45, 7) is -0.208. The van der Waals surface area contributed by atoms with E-state index in [1.807, 2.05) is 0 Å². The summed E-state index contributed by atoms with van der Waals surface area (Å²) >= 11 is 12.0.